The molecule has 1 unspecified atom stereocenters. The highest BCUT2D eigenvalue weighted by Crippen LogP contribution is 2.22. The minimum absolute atomic E-state index is 0.111. The van der Waals surface area contributed by atoms with E-state index in [1.807, 2.05) is 29.2 Å². The first-order valence-electron chi connectivity index (χ1n) is 11.6. The van der Waals surface area contributed by atoms with Gasteiger partial charge in [-0.15, -0.1) is 5.10 Å². The number of alkyl halides is 1. The molecule has 3 aromatic heterocycles. The van der Waals surface area contributed by atoms with E-state index < -0.39 is 6.17 Å². The summed E-state index contributed by atoms with van der Waals surface area (Å²) in [6.45, 7) is 6.23. The molecule has 1 saturated heterocycles. The van der Waals surface area contributed by atoms with Crippen LogP contribution in [0.1, 0.15) is 30.9 Å². The van der Waals surface area contributed by atoms with Gasteiger partial charge in [0, 0.05) is 56.5 Å². The standard InChI is InChI=1S/C25H31FN8O/c1-16(2)17-7-25(33-30-11-17)32-24-5-4-22-23(31-24)6-18(10-29-22)19(8-27)9-28-12-21(35-3)15-34-13-20(26)14-34/h4-11,16,20-21H,12-15,27H2,1-3H3,(H,31,32,33). The van der Waals surface area contributed by atoms with Crippen molar-refractivity contribution in [1.29, 1.82) is 0 Å². The highest BCUT2D eigenvalue weighted by molar-refractivity contribution is 6.10. The number of anilines is 2. The van der Waals surface area contributed by atoms with Crippen LogP contribution < -0.4 is 11.1 Å². The number of fused-ring (bicyclic) bond motifs is 1. The molecule has 10 heteroatoms. The first-order valence-corrected chi connectivity index (χ1v) is 11.6. The third-order valence-electron chi connectivity index (χ3n) is 5.90. The summed E-state index contributed by atoms with van der Waals surface area (Å²) in [5, 5.41) is 11.4. The van der Waals surface area contributed by atoms with E-state index in [1.165, 1.54) is 6.20 Å². The number of likely N-dealkylation sites (tertiary alicyclic amines) is 1. The smallest absolute Gasteiger partial charge is 0.154 e. The molecule has 0 aromatic carbocycles. The Hall–Kier alpha value is -3.50. The molecule has 0 amide bonds. The molecule has 0 spiro atoms. The molecule has 3 aromatic rings. The molecule has 3 N–H and O–H groups in total. The van der Waals surface area contributed by atoms with Gasteiger partial charge in [-0.05, 0) is 35.7 Å². The summed E-state index contributed by atoms with van der Waals surface area (Å²) >= 11 is 0. The molecule has 1 aliphatic heterocycles. The van der Waals surface area contributed by atoms with E-state index in [-0.39, 0.29) is 6.10 Å². The minimum Gasteiger partial charge on any atom is -0.404 e. The van der Waals surface area contributed by atoms with E-state index in [1.54, 1.807) is 25.7 Å². The summed E-state index contributed by atoms with van der Waals surface area (Å²) in [6, 6.07) is 7.64. The van der Waals surface area contributed by atoms with Crippen molar-refractivity contribution in [3.63, 3.8) is 0 Å². The Morgan fingerprint density at radius 3 is 2.80 bits per heavy atom. The normalized spacial score (nSPS) is 16.2. The highest BCUT2D eigenvalue weighted by Gasteiger charge is 2.27. The molecule has 1 fully saturated rings. The van der Waals surface area contributed by atoms with E-state index in [0.29, 0.717) is 49.2 Å². The number of pyridine rings is 2. The molecule has 0 bridgehead atoms. The zero-order chi connectivity index (χ0) is 24.8. The fourth-order valence-electron chi connectivity index (χ4n) is 3.76. The predicted octanol–water partition coefficient (Wildman–Crippen LogP) is 3.33. The van der Waals surface area contributed by atoms with Crippen LogP contribution in [-0.2, 0) is 4.74 Å². The number of nitrogens with one attached hydrogen (secondary N) is 1. The Labute approximate surface area is 204 Å². The molecule has 0 saturated carbocycles. The third kappa shape index (κ3) is 6.34. The fourth-order valence-corrected chi connectivity index (χ4v) is 3.76. The maximum absolute atomic E-state index is 13.0. The fraction of sp³-hybridized carbons (Fsp3) is 0.400. The first kappa shape index (κ1) is 24.6. The minimum atomic E-state index is -0.731. The maximum atomic E-state index is 13.0. The van der Waals surface area contributed by atoms with Gasteiger partial charge < -0.3 is 15.8 Å². The van der Waals surface area contributed by atoms with Crippen LogP contribution in [0.5, 0.6) is 0 Å². The van der Waals surface area contributed by atoms with Crippen LogP contribution in [0.15, 0.2) is 47.9 Å². The van der Waals surface area contributed by atoms with Crippen molar-refractivity contribution in [3.8, 4) is 0 Å². The molecular formula is C25H31FN8O. The van der Waals surface area contributed by atoms with Crippen molar-refractivity contribution in [3.05, 3.63) is 54.0 Å². The molecular weight excluding hydrogens is 447 g/mol. The molecule has 1 atom stereocenters. The number of allylic oxidation sites excluding steroid dienone is 1. The van der Waals surface area contributed by atoms with Crippen molar-refractivity contribution in [1.82, 2.24) is 25.1 Å². The van der Waals surface area contributed by atoms with Gasteiger partial charge in [0.2, 0.25) is 0 Å². The lowest BCUT2D eigenvalue weighted by atomic mass is 10.1. The Morgan fingerprint density at radius 2 is 2.09 bits per heavy atom. The molecule has 184 valence electrons. The Balaban J connectivity index is 1.46. The zero-order valence-electron chi connectivity index (χ0n) is 20.2. The number of aromatic nitrogens is 4. The summed E-state index contributed by atoms with van der Waals surface area (Å²) < 4.78 is 18.5. The van der Waals surface area contributed by atoms with Crippen molar-refractivity contribution in [2.45, 2.75) is 32.0 Å². The maximum Gasteiger partial charge on any atom is 0.154 e. The summed E-state index contributed by atoms with van der Waals surface area (Å²) in [6.07, 6.45) is 5.87. The van der Waals surface area contributed by atoms with Crippen molar-refractivity contribution in [2.75, 3.05) is 38.6 Å². The largest absolute Gasteiger partial charge is 0.404 e. The number of rotatable bonds is 10. The average Bonchev–Trinajstić information content (AvgIpc) is 2.84. The quantitative estimate of drug-likeness (QED) is 0.427. The third-order valence-corrected chi connectivity index (χ3v) is 5.90. The summed E-state index contributed by atoms with van der Waals surface area (Å²) in [5.41, 5.74) is 9.97. The Morgan fingerprint density at radius 1 is 1.26 bits per heavy atom. The Kier molecular flexibility index (Phi) is 7.94. The topological polar surface area (TPSA) is 114 Å². The highest BCUT2D eigenvalue weighted by atomic mass is 19.1. The van der Waals surface area contributed by atoms with Gasteiger partial charge in [-0.25, -0.2) is 9.37 Å². The van der Waals surface area contributed by atoms with Gasteiger partial charge in [0.1, 0.15) is 12.0 Å². The van der Waals surface area contributed by atoms with E-state index in [2.05, 4.69) is 44.3 Å². The van der Waals surface area contributed by atoms with Crippen LogP contribution in [0.3, 0.4) is 0 Å². The number of aliphatic imine (C=N–C) groups is 1. The molecule has 9 nitrogen and oxygen atoms in total. The second-order valence-corrected chi connectivity index (χ2v) is 8.90. The lowest BCUT2D eigenvalue weighted by molar-refractivity contribution is 0.00822. The van der Waals surface area contributed by atoms with Gasteiger partial charge in [-0.2, -0.15) is 5.10 Å². The van der Waals surface area contributed by atoms with E-state index in [4.69, 9.17) is 10.5 Å². The van der Waals surface area contributed by atoms with Gasteiger partial charge >= 0.3 is 0 Å². The molecule has 0 radical (unpaired) electrons. The van der Waals surface area contributed by atoms with Crippen molar-refractivity contribution in [2.24, 2.45) is 10.7 Å². The summed E-state index contributed by atoms with van der Waals surface area (Å²) in [5.74, 6) is 1.63. The van der Waals surface area contributed by atoms with Crippen LogP contribution in [0.2, 0.25) is 0 Å². The molecule has 1 aliphatic rings. The number of ether oxygens (including phenoxy) is 1. The number of halogens is 1. The number of hydrogen-bond donors (Lipinski definition) is 2. The summed E-state index contributed by atoms with van der Waals surface area (Å²) in [7, 11) is 1.64. The Bertz CT molecular complexity index is 1210. The summed E-state index contributed by atoms with van der Waals surface area (Å²) in [4.78, 5) is 15.7. The number of nitrogens with zero attached hydrogens (tertiary/aromatic N) is 6. The van der Waals surface area contributed by atoms with Gasteiger partial charge in [-0.3, -0.25) is 14.9 Å². The van der Waals surface area contributed by atoms with Gasteiger partial charge in [0.25, 0.3) is 0 Å². The number of methoxy groups -OCH3 is 1. The van der Waals surface area contributed by atoms with Crippen molar-refractivity contribution < 1.29 is 9.13 Å². The van der Waals surface area contributed by atoms with Gasteiger partial charge in [-0.1, -0.05) is 13.8 Å². The lowest BCUT2D eigenvalue weighted by Crippen LogP contribution is -2.51. The predicted molar refractivity (Wildman–Crippen MR) is 137 cm³/mol. The van der Waals surface area contributed by atoms with Crippen LogP contribution in [0, 0.1) is 0 Å². The lowest BCUT2D eigenvalue weighted by Gasteiger charge is -2.36. The van der Waals surface area contributed by atoms with Crippen LogP contribution >= 0.6 is 0 Å². The number of nitrogens with two attached hydrogens (primary N) is 1. The van der Waals surface area contributed by atoms with Crippen LogP contribution in [0.25, 0.3) is 16.6 Å². The molecule has 4 rings (SSSR count). The number of hydrogen-bond acceptors (Lipinski definition) is 9. The first-order chi connectivity index (χ1) is 16.9. The zero-order valence-corrected chi connectivity index (χ0v) is 20.2. The second kappa shape index (κ2) is 11.3. The second-order valence-electron chi connectivity index (χ2n) is 8.90. The monoisotopic (exact) mass is 478 g/mol. The van der Waals surface area contributed by atoms with E-state index in [0.717, 1.165) is 22.2 Å². The molecule has 0 aliphatic carbocycles. The van der Waals surface area contributed by atoms with E-state index in [9.17, 15) is 4.39 Å². The van der Waals surface area contributed by atoms with Gasteiger partial charge in [0.15, 0.2) is 5.82 Å². The van der Waals surface area contributed by atoms with Crippen molar-refractivity contribution >= 4 is 34.5 Å². The molecule has 4 heterocycles. The van der Waals surface area contributed by atoms with Crippen LogP contribution in [0.4, 0.5) is 16.0 Å². The van der Waals surface area contributed by atoms with Crippen LogP contribution in [-0.4, -0.2) is 76.8 Å². The van der Waals surface area contributed by atoms with Gasteiger partial charge in [0.05, 0.1) is 29.9 Å². The average molecular weight is 479 g/mol. The SMILES string of the molecule is COC(CN=CC(=CN)c1cnc2ccc(Nc3cc(C(C)C)cnn3)nc2c1)CN1CC(F)C1. The molecule has 35 heavy (non-hydrogen) atoms. The van der Waals surface area contributed by atoms with E-state index >= 15 is 0 Å².